The fraction of sp³-hybridized carbons (Fsp3) is 0.562. The predicted octanol–water partition coefficient (Wildman–Crippen LogP) is 2.44. The summed E-state index contributed by atoms with van der Waals surface area (Å²) in [6, 6.07) is 7.98. The topological polar surface area (TPSA) is 41.6 Å². The van der Waals surface area contributed by atoms with Crippen molar-refractivity contribution in [2.24, 2.45) is 5.92 Å². The summed E-state index contributed by atoms with van der Waals surface area (Å²) in [5.74, 6) is 1.43. The molecule has 0 spiro atoms. The van der Waals surface area contributed by atoms with Gasteiger partial charge in [0, 0.05) is 19.6 Å². The van der Waals surface area contributed by atoms with Crippen molar-refractivity contribution in [3.05, 3.63) is 24.3 Å². The van der Waals surface area contributed by atoms with E-state index in [0.29, 0.717) is 12.5 Å². The van der Waals surface area contributed by atoms with E-state index >= 15 is 0 Å². The van der Waals surface area contributed by atoms with Gasteiger partial charge in [0.25, 0.3) is 5.91 Å². The van der Waals surface area contributed by atoms with Crippen molar-refractivity contribution in [2.45, 2.75) is 26.7 Å². The molecule has 1 N–H and O–H groups in total. The number of carbonyl (C=O) groups excluding carboxylic acids is 1. The Morgan fingerprint density at radius 2 is 2.25 bits per heavy atom. The molecule has 0 bridgehead atoms. The number of para-hydroxylation sites is 2. The minimum atomic E-state index is -0.0747. The minimum absolute atomic E-state index is 0.0747. The van der Waals surface area contributed by atoms with Crippen molar-refractivity contribution in [2.75, 3.05) is 31.1 Å². The van der Waals surface area contributed by atoms with Crippen molar-refractivity contribution >= 4 is 11.6 Å². The molecule has 0 aliphatic carbocycles. The van der Waals surface area contributed by atoms with Crippen LogP contribution in [0.15, 0.2) is 24.3 Å². The van der Waals surface area contributed by atoms with Gasteiger partial charge in [-0.25, -0.2) is 0 Å². The molecule has 20 heavy (non-hydrogen) atoms. The van der Waals surface area contributed by atoms with Crippen molar-refractivity contribution in [1.82, 2.24) is 5.32 Å². The van der Waals surface area contributed by atoms with Crippen molar-refractivity contribution in [1.29, 1.82) is 0 Å². The van der Waals surface area contributed by atoms with Crippen molar-refractivity contribution in [3.63, 3.8) is 0 Å². The SMILES string of the molecule is CCNC(=O)COc1ccccc1N1CCC[C@@H](C)C1. The van der Waals surface area contributed by atoms with Crippen LogP contribution in [0.1, 0.15) is 26.7 Å². The molecule has 1 saturated heterocycles. The maximum Gasteiger partial charge on any atom is 0.257 e. The quantitative estimate of drug-likeness (QED) is 0.898. The highest BCUT2D eigenvalue weighted by atomic mass is 16.5. The van der Waals surface area contributed by atoms with Gasteiger partial charge in [-0.3, -0.25) is 4.79 Å². The number of nitrogens with one attached hydrogen (secondary N) is 1. The highest BCUT2D eigenvalue weighted by molar-refractivity contribution is 5.77. The molecule has 0 radical (unpaired) electrons. The lowest BCUT2D eigenvalue weighted by Crippen LogP contribution is -2.34. The minimum Gasteiger partial charge on any atom is -0.482 e. The molecular formula is C16H24N2O2. The summed E-state index contributed by atoms with van der Waals surface area (Å²) in [5.41, 5.74) is 1.10. The fourth-order valence-corrected chi connectivity index (χ4v) is 2.64. The Morgan fingerprint density at radius 3 is 3.00 bits per heavy atom. The first-order valence-corrected chi connectivity index (χ1v) is 7.44. The Bertz CT molecular complexity index is 448. The van der Waals surface area contributed by atoms with Crippen LogP contribution in [-0.2, 0) is 4.79 Å². The van der Waals surface area contributed by atoms with E-state index in [-0.39, 0.29) is 12.5 Å². The van der Waals surface area contributed by atoms with Crippen LogP contribution in [-0.4, -0.2) is 32.1 Å². The van der Waals surface area contributed by atoms with E-state index in [4.69, 9.17) is 4.74 Å². The molecule has 1 atom stereocenters. The van der Waals surface area contributed by atoms with E-state index in [2.05, 4.69) is 23.2 Å². The number of piperidine rings is 1. The van der Waals surface area contributed by atoms with Crippen LogP contribution in [0.4, 0.5) is 5.69 Å². The molecule has 0 aromatic heterocycles. The summed E-state index contributed by atoms with van der Waals surface area (Å²) in [6.45, 7) is 7.01. The van der Waals surface area contributed by atoms with Crippen LogP contribution in [0.25, 0.3) is 0 Å². The van der Waals surface area contributed by atoms with Gasteiger partial charge in [-0.1, -0.05) is 19.1 Å². The van der Waals surface area contributed by atoms with E-state index in [1.165, 1.54) is 12.8 Å². The largest absolute Gasteiger partial charge is 0.482 e. The number of anilines is 1. The summed E-state index contributed by atoms with van der Waals surface area (Å²) < 4.78 is 5.69. The van der Waals surface area contributed by atoms with Gasteiger partial charge < -0.3 is 15.0 Å². The van der Waals surface area contributed by atoms with E-state index < -0.39 is 0 Å². The third kappa shape index (κ3) is 3.89. The van der Waals surface area contributed by atoms with Crippen LogP contribution < -0.4 is 15.0 Å². The highest BCUT2D eigenvalue weighted by Gasteiger charge is 2.19. The summed E-state index contributed by atoms with van der Waals surface area (Å²) in [4.78, 5) is 13.9. The molecular weight excluding hydrogens is 252 g/mol. The van der Waals surface area contributed by atoms with Gasteiger partial charge >= 0.3 is 0 Å². The number of nitrogens with zero attached hydrogens (tertiary/aromatic N) is 1. The number of hydrogen-bond donors (Lipinski definition) is 1. The number of hydrogen-bond acceptors (Lipinski definition) is 3. The summed E-state index contributed by atoms with van der Waals surface area (Å²) in [7, 11) is 0. The molecule has 110 valence electrons. The monoisotopic (exact) mass is 276 g/mol. The first kappa shape index (κ1) is 14.7. The normalized spacial score (nSPS) is 18.7. The summed E-state index contributed by atoms with van der Waals surface area (Å²) in [6.07, 6.45) is 2.50. The fourth-order valence-electron chi connectivity index (χ4n) is 2.64. The second-order valence-electron chi connectivity index (χ2n) is 5.40. The van der Waals surface area contributed by atoms with E-state index in [1.807, 2.05) is 25.1 Å². The highest BCUT2D eigenvalue weighted by Crippen LogP contribution is 2.31. The third-order valence-electron chi connectivity index (χ3n) is 3.60. The van der Waals surface area contributed by atoms with Gasteiger partial charge in [-0.15, -0.1) is 0 Å². The van der Waals surface area contributed by atoms with Gasteiger partial charge in [0.2, 0.25) is 0 Å². The third-order valence-corrected chi connectivity index (χ3v) is 3.60. The molecule has 4 heteroatoms. The molecule has 1 aromatic rings. The summed E-state index contributed by atoms with van der Waals surface area (Å²) >= 11 is 0. The van der Waals surface area contributed by atoms with Crippen molar-refractivity contribution in [3.8, 4) is 5.75 Å². The van der Waals surface area contributed by atoms with Gasteiger partial charge in [0.15, 0.2) is 6.61 Å². The zero-order valence-corrected chi connectivity index (χ0v) is 12.4. The molecule has 1 fully saturated rings. The van der Waals surface area contributed by atoms with Crippen LogP contribution in [0.5, 0.6) is 5.75 Å². The molecule has 1 aliphatic rings. The number of carbonyl (C=O) groups is 1. The van der Waals surface area contributed by atoms with E-state index in [0.717, 1.165) is 24.5 Å². The van der Waals surface area contributed by atoms with Gasteiger partial charge in [-0.05, 0) is 37.8 Å². The Kier molecular flexibility index (Phi) is 5.27. The molecule has 1 heterocycles. The Morgan fingerprint density at radius 1 is 1.45 bits per heavy atom. The smallest absolute Gasteiger partial charge is 0.257 e. The first-order valence-electron chi connectivity index (χ1n) is 7.44. The van der Waals surface area contributed by atoms with Crippen LogP contribution in [0, 0.1) is 5.92 Å². The second kappa shape index (κ2) is 7.17. The zero-order chi connectivity index (χ0) is 14.4. The predicted molar refractivity (Wildman–Crippen MR) is 81.2 cm³/mol. The van der Waals surface area contributed by atoms with Gasteiger partial charge in [-0.2, -0.15) is 0 Å². The van der Waals surface area contributed by atoms with Crippen molar-refractivity contribution < 1.29 is 9.53 Å². The number of benzene rings is 1. The average molecular weight is 276 g/mol. The molecule has 2 rings (SSSR count). The van der Waals surface area contributed by atoms with Gasteiger partial charge in [0.1, 0.15) is 5.75 Å². The van der Waals surface area contributed by atoms with E-state index in [1.54, 1.807) is 0 Å². The summed E-state index contributed by atoms with van der Waals surface area (Å²) in [5, 5.41) is 2.74. The van der Waals surface area contributed by atoms with Crippen LogP contribution in [0.3, 0.4) is 0 Å². The molecule has 1 aliphatic heterocycles. The van der Waals surface area contributed by atoms with Crippen LogP contribution >= 0.6 is 0 Å². The Balaban J connectivity index is 2.03. The molecule has 4 nitrogen and oxygen atoms in total. The maximum atomic E-state index is 11.5. The maximum absolute atomic E-state index is 11.5. The first-order chi connectivity index (χ1) is 9.70. The lowest BCUT2D eigenvalue weighted by molar-refractivity contribution is -0.122. The molecule has 0 saturated carbocycles. The average Bonchev–Trinajstić information content (AvgIpc) is 2.46. The number of amides is 1. The lowest BCUT2D eigenvalue weighted by atomic mass is 9.99. The molecule has 0 unspecified atom stereocenters. The van der Waals surface area contributed by atoms with Gasteiger partial charge in [0.05, 0.1) is 5.69 Å². The lowest BCUT2D eigenvalue weighted by Gasteiger charge is -2.33. The number of rotatable bonds is 5. The molecule has 1 amide bonds. The van der Waals surface area contributed by atoms with E-state index in [9.17, 15) is 4.79 Å². The Hall–Kier alpha value is -1.71. The van der Waals surface area contributed by atoms with Crippen LogP contribution in [0.2, 0.25) is 0 Å². The zero-order valence-electron chi connectivity index (χ0n) is 12.4. The standard InChI is InChI=1S/C16H24N2O2/c1-3-17-16(19)12-20-15-9-5-4-8-14(15)18-10-6-7-13(2)11-18/h4-5,8-9,13H,3,6-7,10-12H2,1-2H3,(H,17,19)/t13-/m1/s1. The molecule has 1 aromatic carbocycles. The Labute approximate surface area is 121 Å². The number of likely N-dealkylation sites (N-methyl/N-ethyl adjacent to an activating group) is 1. The second-order valence-corrected chi connectivity index (χ2v) is 5.40. The number of ether oxygens (including phenoxy) is 1.